The molecular formula is C10H20N2. The molecule has 0 amide bonds. The van der Waals surface area contributed by atoms with Gasteiger partial charge in [-0.05, 0) is 33.4 Å². The molecule has 70 valence electrons. The van der Waals surface area contributed by atoms with Crippen molar-refractivity contribution in [2.24, 2.45) is 5.92 Å². The van der Waals surface area contributed by atoms with Crippen molar-refractivity contribution in [2.45, 2.75) is 13.3 Å². The first-order valence-electron chi connectivity index (χ1n) is 4.65. The second-order valence-electron chi connectivity index (χ2n) is 4.10. The van der Waals surface area contributed by atoms with Crippen LogP contribution in [0.3, 0.4) is 0 Å². The number of hydrogen-bond acceptors (Lipinski definition) is 2. The molecule has 12 heavy (non-hydrogen) atoms. The lowest BCUT2D eigenvalue weighted by Gasteiger charge is -2.19. The van der Waals surface area contributed by atoms with Crippen molar-refractivity contribution >= 4 is 0 Å². The topological polar surface area (TPSA) is 6.48 Å². The zero-order chi connectivity index (χ0) is 9.14. The van der Waals surface area contributed by atoms with Gasteiger partial charge < -0.3 is 9.80 Å². The fourth-order valence-corrected chi connectivity index (χ4v) is 1.84. The molecule has 2 heteroatoms. The fraction of sp³-hybridized carbons (Fsp3) is 0.800. The molecule has 0 spiro atoms. The van der Waals surface area contributed by atoms with E-state index in [2.05, 4.69) is 37.4 Å². The van der Waals surface area contributed by atoms with Crippen molar-refractivity contribution in [1.29, 1.82) is 0 Å². The van der Waals surface area contributed by atoms with E-state index < -0.39 is 0 Å². The van der Waals surface area contributed by atoms with Crippen LogP contribution in [0.4, 0.5) is 0 Å². The highest BCUT2D eigenvalue weighted by molar-refractivity contribution is 4.93. The van der Waals surface area contributed by atoms with Crippen LogP contribution >= 0.6 is 0 Å². The summed E-state index contributed by atoms with van der Waals surface area (Å²) in [6.45, 7) is 9.67. The monoisotopic (exact) mass is 168 g/mol. The molecule has 1 heterocycles. The maximum Gasteiger partial charge on any atom is 0.0215 e. The van der Waals surface area contributed by atoms with Crippen molar-refractivity contribution in [1.82, 2.24) is 9.80 Å². The van der Waals surface area contributed by atoms with E-state index in [0.717, 1.165) is 5.92 Å². The van der Waals surface area contributed by atoms with Gasteiger partial charge in [0.15, 0.2) is 0 Å². The molecular weight excluding hydrogens is 148 g/mol. The van der Waals surface area contributed by atoms with Gasteiger partial charge in [0.05, 0.1) is 0 Å². The predicted molar refractivity (Wildman–Crippen MR) is 53.0 cm³/mol. The molecule has 1 saturated heterocycles. The maximum absolute atomic E-state index is 3.96. The van der Waals surface area contributed by atoms with Crippen LogP contribution in [0, 0.1) is 5.92 Å². The van der Waals surface area contributed by atoms with Crippen LogP contribution in [0.15, 0.2) is 12.3 Å². The molecule has 1 aliphatic rings. The summed E-state index contributed by atoms with van der Waals surface area (Å²) in [5, 5.41) is 0. The van der Waals surface area contributed by atoms with Crippen LogP contribution in [0.25, 0.3) is 0 Å². The normalized spacial score (nSPS) is 23.7. The Morgan fingerprint density at radius 1 is 1.58 bits per heavy atom. The Labute approximate surface area is 75.8 Å². The molecule has 1 unspecified atom stereocenters. The second-order valence-corrected chi connectivity index (χ2v) is 4.10. The van der Waals surface area contributed by atoms with Crippen molar-refractivity contribution in [3.05, 3.63) is 12.3 Å². The maximum atomic E-state index is 3.96. The first-order chi connectivity index (χ1) is 5.59. The number of hydrogen-bond donors (Lipinski definition) is 0. The number of likely N-dealkylation sites (tertiary alicyclic amines) is 1. The minimum Gasteiger partial charge on any atom is -0.375 e. The van der Waals surface area contributed by atoms with Gasteiger partial charge in [-0.1, -0.05) is 6.58 Å². The zero-order valence-electron chi connectivity index (χ0n) is 8.51. The van der Waals surface area contributed by atoms with Crippen LogP contribution in [-0.4, -0.2) is 43.5 Å². The fourth-order valence-electron chi connectivity index (χ4n) is 1.84. The third-order valence-corrected chi connectivity index (χ3v) is 2.45. The van der Waals surface area contributed by atoms with Gasteiger partial charge >= 0.3 is 0 Å². The molecule has 0 N–H and O–H groups in total. The molecule has 0 saturated carbocycles. The first-order valence-corrected chi connectivity index (χ1v) is 4.65. The van der Waals surface area contributed by atoms with E-state index in [4.69, 9.17) is 0 Å². The SMILES string of the molecule is C=C(C)N1CCC(CN(C)C)C1. The summed E-state index contributed by atoms with van der Waals surface area (Å²) in [7, 11) is 4.28. The summed E-state index contributed by atoms with van der Waals surface area (Å²) in [6.07, 6.45) is 1.32. The van der Waals surface area contributed by atoms with E-state index in [1.807, 2.05) is 0 Å². The Bertz CT molecular complexity index is 163. The third kappa shape index (κ3) is 2.52. The molecule has 1 aliphatic heterocycles. The summed E-state index contributed by atoms with van der Waals surface area (Å²) in [5.74, 6) is 0.844. The Morgan fingerprint density at radius 2 is 2.25 bits per heavy atom. The van der Waals surface area contributed by atoms with Gasteiger partial charge in [0.2, 0.25) is 0 Å². The Balaban J connectivity index is 2.30. The van der Waals surface area contributed by atoms with Crippen LogP contribution in [0.1, 0.15) is 13.3 Å². The van der Waals surface area contributed by atoms with Gasteiger partial charge in [0, 0.05) is 25.3 Å². The van der Waals surface area contributed by atoms with Gasteiger partial charge in [-0.2, -0.15) is 0 Å². The Hall–Kier alpha value is -0.500. The van der Waals surface area contributed by atoms with Gasteiger partial charge in [-0.25, -0.2) is 0 Å². The van der Waals surface area contributed by atoms with Crippen LogP contribution in [-0.2, 0) is 0 Å². The standard InChI is InChI=1S/C10H20N2/c1-9(2)12-6-5-10(8-12)7-11(3)4/h10H,1,5-8H2,2-4H3. The van der Waals surface area contributed by atoms with Gasteiger partial charge in [0.25, 0.3) is 0 Å². The van der Waals surface area contributed by atoms with Gasteiger partial charge in [-0.3, -0.25) is 0 Å². The van der Waals surface area contributed by atoms with Crippen molar-refractivity contribution in [2.75, 3.05) is 33.7 Å². The van der Waals surface area contributed by atoms with Crippen molar-refractivity contribution in [3.8, 4) is 0 Å². The summed E-state index contributed by atoms with van der Waals surface area (Å²) >= 11 is 0. The molecule has 0 bridgehead atoms. The lowest BCUT2D eigenvalue weighted by atomic mass is 10.1. The van der Waals surface area contributed by atoms with E-state index in [0.29, 0.717) is 0 Å². The Kier molecular flexibility index (Phi) is 3.15. The van der Waals surface area contributed by atoms with Crippen molar-refractivity contribution in [3.63, 3.8) is 0 Å². The summed E-state index contributed by atoms with van der Waals surface area (Å²) in [5.41, 5.74) is 1.22. The van der Waals surface area contributed by atoms with Crippen molar-refractivity contribution < 1.29 is 0 Å². The molecule has 0 aliphatic carbocycles. The highest BCUT2D eigenvalue weighted by Crippen LogP contribution is 2.19. The molecule has 1 rings (SSSR count). The molecule has 0 aromatic carbocycles. The molecule has 2 nitrogen and oxygen atoms in total. The highest BCUT2D eigenvalue weighted by Gasteiger charge is 2.21. The van der Waals surface area contributed by atoms with E-state index in [-0.39, 0.29) is 0 Å². The van der Waals surface area contributed by atoms with E-state index in [9.17, 15) is 0 Å². The molecule has 0 radical (unpaired) electrons. The van der Waals surface area contributed by atoms with Crippen LogP contribution < -0.4 is 0 Å². The minimum absolute atomic E-state index is 0.844. The lowest BCUT2D eigenvalue weighted by Crippen LogP contribution is -2.24. The number of rotatable bonds is 3. The lowest BCUT2D eigenvalue weighted by molar-refractivity contribution is 0.319. The first kappa shape index (κ1) is 9.59. The average molecular weight is 168 g/mol. The quantitative estimate of drug-likeness (QED) is 0.628. The molecule has 1 fully saturated rings. The van der Waals surface area contributed by atoms with Crippen LogP contribution in [0.2, 0.25) is 0 Å². The minimum atomic E-state index is 0.844. The highest BCUT2D eigenvalue weighted by atomic mass is 15.2. The van der Waals surface area contributed by atoms with E-state index >= 15 is 0 Å². The summed E-state index contributed by atoms with van der Waals surface area (Å²) in [6, 6.07) is 0. The largest absolute Gasteiger partial charge is 0.375 e. The molecule has 1 atom stereocenters. The van der Waals surface area contributed by atoms with Gasteiger partial charge in [0.1, 0.15) is 0 Å². The Morgan fingerprint density at radius 3 is 2.67 bits per heavy atom. The predicted octanol–water partition coefficient (Wildman–Crippen LogP) is 1.40. The number of nitrogens with zero attached hydrogens (tertiary/aromatic N) is 2. The smallest absolute Gasteiger partial charge is 0.0215 e. The summed E-state index contributed by atoms with van der Waals surface area (Å²) in [4.78, 5) is 4.65. The van der Waals surface area contributed by atoms with E-state index in [1.165, 1.54) is 31.8 Å². The van der Waals surface area contributed by atoms with Crippen LogP contribution in [0.5, 0.6) is 0 Å². The zero-order valence-corrected chi connectivity index (χ0v) is 8.51. The second kappa shape index (κ2) is 3.94. The molecule has 0 aromatic rings. The third-order valence-electron chi connectivity index (χ3n) is 2.45. The average Bonchev–Trinajstić information content (AvgIpc) is 2.34. The van der Waals surface area contributed by atoms with Gasteiger partial charge in [-0.15, -0.1) is 0 Å². The summed E-state index contributed by atoms with van der Waals surface area (Å²) < 4.78 is 0. The number of allylic oxidation sites excluding steroid dienone is 1. The molecule has 0 aromatic heterocycles. The van der Waals surface area contributed by atoms with E-state index in [1.54, 1.807) is 0 Å².